The van der Waals surface area contributed by atoms with Gasteiger partial charge in [-0.2, -0.15) is 5.26 Å². The summed E-state index contributed by atoms with van der Waals surface area (Å²) in [6.45, 7) is 2.72. The summed E-state index contributed by atoms with van der Waals surface area (Å²) in [4.78, 5) is 0. The minimum Gasteiger partial charge on any atom is -0.378 e. The SMILES string of the molecule is CCOC1CC(C#N)(NC)C1. The van der Waals surface area contributed by atoms with Crippen LogP contribution in [0.1, 0.15) is 19.8 Å². The van der Waals surface area contributed by atoms with E-state index in [0.717, 1.165) is 19.4 Å². The summed E-state index contributed by atoms with van der Waals surface area (Å²) < 4.78 is 5.35. The second-order valence-corrected chi connectivity index (χ2v) is 2.93. The van der Waals surface area contributed by atoms with Crippen molar-refractivity contribution in [3.63, 3.8) is 0 Å². The van der Waals surface area contributed by atoms with E-state index in [-0.39, 0.29) is 5.54 Å². The molecule has 0 atom stereocenters. The quantitative estimate of drug-likeness (QED) is 0.649. The van der Waals surface area contributed by atoms with Crippen molar-refractivity contribution in [1.82, 2.24) is 5.32 Å². The lowest BCUT2D eigenvalue weighted by molar-refractivity contribution is -0.0291. The van der Waals surface area contributed by atoms with E-state index in [4.69, 9.17) is 10.00 Å². The molecule has 0 aliphatic heterocycles. The Kier molecular flexibility index (Phi) is 2.48. The summed E-state index contributed by atoms with van der Waals surface area (Å²) in [5.41, 5.74) is -0.292. The van der Waals surface area contributed by atoms with Crippen LogP contribution < -0.4 is 5.32 Å². The second kappa shape index (κ2) is 3.21. The van der Waals surface area contributed by atoms with Crippen LogP contribution >= 0.6 is 0 Å². The van der Waals surface area contributed by atoms with Gasteiger partial charge < -0.3 is 10.1 Å². The van der Waals surface area contributed by atoms with Crippen LogP contribution in [0.25, 0.3) is 0 Å². The van der Waals surface area contributed by atoms with Crippen LogP contribution in [0.2, 0.25) is 0 Å². The summed E-state index contributed by atoms with van der Waals surface area (Å²) >= 11 is 0. The fourth-order valence-corrected chi connectivity index (χ4v) is 1.42. The van der Waals surface area contributed by atoms with Gasteiger partial charge in [0.2, 0.25) is 0 Å². The van der Waals surface area contributed by atoms with E-state index < -0.39 is 0 Å². The Bertz CT molecular complexity index is 167. The summed E-state index contributed by atoms with van der Waals surface area (Å²) in [6, 6.07) is 2.26. The third-order valence-corrected chi connectivity index (χ3v) is 2.25. The van der Waals surface area contributed by atoms with Crippen molar-refractivity contribution in [2.24, 2.45) is 0 Å². The smallest absolute Gasteiger partial charge is 0.111 e. The monoisotopic (exact) mass is 154 g/mol. The molecule has 0 aromatic carbocycles. The number of hydrogen-bond acceptors (Lipinski definition) is 3. The lowest BCUT2D eigenvalue weighted by Crippen LogP contribution is -2.55. The van der Waals surface area contributed by atoms with Gasteiger partial charge in [-0.1, -0.05) is 0 Å². The Morgan fingerprint density at radius 2 is 2.36 bits per heavy atom. The molecule has 1 saturated carbocycles. The molecule has 0 spiro atoms. The van der Waals surface area contributed by atoms with E-state index in [1.165, 1.54) is 0 Å². The standard InChI is InChI=1S/C8H14N2O/c1-3-11-7-4-8(5-7,6-9)10-2/h7,10H,3-5H2,1-2H3. The van der Waals surface area contributed by atoms with Gasteiger partial charge in [-0.15, -0.1) is 0 Å². The summed E-state index contributed by atoms with van der Waals surface area (Å²) in [7, 11) is 1.82. The zero-order valence-corrected chi connectivity index (χ0v) is 7.05. The van der Waals surface area contributed by atoms with Gasteiger partial charge in [0.1, 0.15) is 5.54 Å². The lowest BCUT2D eigenvalue weighted by Gasteiger charge is -2.41. The Hall–Kier alpha value is -0.590. The van der Waals surface area contributed by atoms with E-state index in [1.54, 1.807) is 0 Å². The third-order valence-electron chi connectivity index (χ3n) is 2.25. The average Bonchev–Trinajstić information content (AvgIpc) is 1.96. The molecule has 1 N–H and O–H groups in total. The minimum atomic E-state index is -0.292. The number of rotatable bonds is 3. The number of nitriles is 1. The molecular formula is C8H14N2O. The molecule has 3 heteroatoms. The first-order chi connectivity index (χ1) is 5.26. The summed E-state index contributed by atoms with van der Waals surface area (Å²) in [5, 5.41) is 11.8. The highest BCUT2D eigenvalue weighted by Crippen LogP contribution is 2.33. The molecule has 0 radical (unpaired) electrons. The molecule has 1 fully saturated rings. The Morgan fingerprint density at radius 3 is 2.73 bits per heavy atom. The summed E-state index contributed by atoms with van der Waals surface area (Å²) in [6.07, 6.45) is 1.95. The van der Waals surface area contributed by atoms with E-state index in [9.17, 15) is 0 Å². The van der Waals surface area contributed by atoms with E-state index >= 15 is 0 Å². The van der Waals surface area contributed by atoms with Crippen molar-refractivity contribution in [2.45, 2.75) is 31.4 Å². The van der Waals surface area contributed by atoms with Crippen LogP contribution in [0.3, 0.4) is 0 Å². The van der Waals surface area contributed by atoms with Crippen LogP contribution in [0, 0.1) is 11.3 Å². The predicted molar refractivity (Wildman–Crippen MR) is 42.1 cm³/mol. The Balaban J connectivity index is 2.31. The van der Waals surface area contributed by atoms with Crippen molar-refractivity contribution in [1.29, 1.82) is 5.26 Å². The fraction of sp³-hybridized carbons (Fsp3) is 0.875. The van der Waals surface area contributed by atoms with Gasteiger partial charge in [0.05, 0.1) is 12.2 Å². The average molecular weight is 154 g/mol. The van der Waals surface area contributed by atoms with Gasteiger partial charge in [-0.3, -0.25) is 0 Å². The second-order valence-electron chi connectivity index (χ2n) is 2.93. The van der Waals surface area contributed by atoms with Crippen LogP contribution in [0.5, 0.6) is 0 Å². The first kappa shape index (κ1) is 8.51. The van der Waals surface area contributed by atoms with Crippen molar-refractivity contribution >= 4 is 0 Å². The third kappa shape index (κ3) is 1.52. The van der Waals surface area contributed by atoms with Crippen LogP contribution in [0.4, 0.5) is 0 Å². The van der Waals surface area contributed by atoms with Gasteiger partial charge in [0.15, 0.2) is 0 Å². The zero-order chi connectivity index (χ0) is 8.32. The van der Waals surface area contributed by atoms with Crippen molar-refractivity contribution < 1.29 is 4.74 Å². The Labute approximate surface area is 67.3 Å². The van der Waals surface area contributed by atoms with Gasteiger partial charge in [-0.25, -0.2) is 0 Å². The first-order valence-electron chi connectivity index (χ1n) is 3.98. The van der Waals surface area contributed by atoms with Gasteiger partial charge in [0, 0.05) is 19.4 Å². The van der Waals surface area contributed by atoms with E-state index in [2.05, 4.69) is 11.4 Å². The maximum atomic E-state index is 8.75. The van der Waals surface area contributed by atoms with Crippen LogP contribution in [-0.2, 0) is 4.74 Å². The molecule has 0 bridgehead atoms. The predicted octanol–water partition coefficient (Wildman–Crippen LogP) is 0.667. The van der Waals surface area contributed by atoms with Gasteiger partial charge >= 0.3 is 0 Å². The lowest BCUT2D eigenvalue weighted by atomic mass is 9.75. The molecule has 0 unspecified atom stereocenters. The van der Waals surface area contributed by atoms with E-state index in [1.807, 2.05) is 14.0 Å². The molecular weight excluding hydrogens is 140 g/mol. The van der Waals surface area contributed by atoms with Gasteiger partial charge in [0.25, 0.3) is 0 Å². The molecule has 11 heavy (non-hydrogen) atoms. The normalized spacial score (nSPS) is 35.9. The number of nitrogens with zero attached hydrogens (tertiary/aromatic N) is 1. The van der Waals surface area contributed by atoms with Crippen molar-refractivity contribution in [3.05, 3.63) is 0 Å². The fourth-order valence-electron chi connectivity index (χ4n) is 1.42. The highest BCUT2D eigenvalue weighted by Gasteiger charge is 2.43. The molecule has 0 aromatic rings. The highest BCUT2D eigenvalue weighted by molar-refractivity contribution is 5.15. The number of ether oxygens (including phenoxy) is 1. The van der Waals surface area contributed by atoms with Crippen LogP contribution in [0.15, 0.2) is 0 Å². The highest BCUT2D eigenvalue weighted by atomic mass is 16.5. The molecule has 0 aromatic heterocycles. The molecule has 62 valence electrons. The molecule has 1 aliphatic rings. The van der Waals surface area contributed by atoms with Crippen molar-refractivity contribution in [3.8, 4) is 6.07 Å². The van der Waals surface area contributed by atoms with Gasteiger partial charge in [-0.05, 0) is 14.0 Å². The topological polar surface area (TPSA) is 45.0 Å². The maximum Gasteiger partial charge on any atom is 0.111 e. The Morgan fingerprint density at radius 1 is 1.73 bits per heavy atom. The molecule has 1 rings (SSSR count). The number of hydrogen-bond donors (Lipinski definition) is 1. The van der Waals surface area contributed by atoms with E-state index in [0.29, 0.717) is 6.10 Å². The van der Waals surface area contributed by atoms with Crippen LogP contribution in [-0.4, -0.2) is 25.3 Å². The number of nitrogens with one attached hydrogen (secondary N) is 1. The zero-order valence-electron chi connectivity index (χ0n) is 7.05. The molecule has 0 heterocycles. The molecule has 1 aliphatic carbocycles. The minimum absolute atomic E-state index is 0.292. The molecule has 0 amide bonds. The molecule has 0 saturated heterocycles. The first-order valence-corrected chi connectivity index (χ1v) is 3.98. The molecule has 3 nitrogen and oxygen atoms in total. The largest absolute Gasteiger partial charge is 0.378 e. The van der Waals surface area contributed by atoms with Crippen molar-refractivity contribution in [2.75, 3.05) is 13.7 Å². The maximum absolute atomic E-state index is 8.75. The summed E-state index contributed by atoms with van der Waals surface area (Å²) in [5.74, 6) is 0.